The lowest BCUT2D eigenvalue weighted by molar-refractivity contribution is 0.176. The number of piperidine rings is 1. The van der Waals surface area contributed by atoms with Gasteiger partial charge in [-0.3, -0.25) is 0 Å². The Labute approximate surface area is 84.9 Å². The van der Waals surface area contributed by atoms with Crippen LogP contribution in [0.25, 0.3) is 0 Å². The first-order valence-corrected chi connectivity index (χ1v) is 5.20. The van der Waals surface area contributed by atoms with Crippen molar-refractivity contribution >= 4 is 6.03 Å². The molecule has 1 atom stereocenters. The molecule has 1 heterocycles. The molecule has 1 rings (SSSR count). The molecule has 1 aliphatic rings. The summed E-state index contributed by atoms with van der Waals surface area (Å²) in [5.74, 6) is 0.0242. The molecule has 0 radical (unpaired) electrons. The van der Waals surface area contributed by atoms with Crippen molar-refractivity contribution in [1.29, 1.82) is 5.26 Å². The first-order chi connectivity index (χ1) is 6.77. The van der Waals surface area contributed by atoms with Crippen molar-refractivity contribution in [3.05, 3.63) is 0 Å². The number of hydrogen-bond acceptors (Lipinski definition) is 2. The summed E-state index contributed by atoms with van der Waals surface area (Å²) in [6.07, 6.45) is 2.81. The molecule has 4 nitrogen and oxygen atoms in total. The summed E-state index contributed by atoms with van der Waals surface area (Å²) in [6, 6.07) is 2.20. The number of amides is 2. The normalized spacial score (nSPS) is 21.4. The molecule has 1 fully saturated rings. The lowest BCUT2D eigenvalue weighted by Crippen LogP contribution is -2.45. The minimum absolute atomic E-state index is 0.0215. The highest BCUT2D eigenvalue weighted by atomic mass is 16.2. The van der Waals surface area contributed by atoms with Gasteiger partial charge in [0.05, 0.1) is 12.0 Å². The maximum absolute atomic E-state index is 11.5. The molecule has 0 aromatic rings. The van der Waals surface area contributed by atoms with Gasteiger partial charge in [-0.1, -0.05) is 6.92 Å². The summed E-state index contributed by atoms with van der Waals surface area (Å²) in [6.45, 7) is 4.11. The predicted octanol–water partition coefficient (Wildman–Crippen LogP) is 1.34. The second kappa shape index (κ2) is 5.48. The van der Waals surface area contributed by atoms with Gasteiger partial charge in [0.15, 0.2) is 0 Å². The monoisotopic (exact) mass is 195 g/mol. The van der Waals surface area contributed by atoms with Crippen molar-refractivity contribution < 1.29 is 4.79 Å². The topological polar surface area (TPSA) is 56.1 Å². The van der Waals surface area contributed by atoms with Crippen molar-refractivity contribution in [2.24, 2.45) is 5.92 Å². The van der Waals surface area contributed by atoms with Crippen LogP contribution in [0.15, 0.2) is 0 Å². The van der Waals surface area contributed by atoms with Crippen molar-refractivity contribution in [3.63, 3.8) is 0 Å². The van der Waals surface area contributed by atoms with Crippen molar-refractivity contribution in [1.82, 2.24) is 10.2 Å². The number of nitriles is 1. The fourth-order valence-corrected chi connectivity index (χ4v) is 1.61. The fourth-order valence-electron chi connectivity index (χ4n) is 1.61. The van der Waals surface area contributed by atoms with Crippen LogP contribution in [0, 0.1) is 17.2 Å². The van der Waals surface area contributed by atoms with E-state index in [1.807, 2.05) is 6.92 Å². The molecule has 1 N–H and O–H groups in total. The van der Waals surface area contributed by atoms with Crippen LogP contribution < -0.4 is 5.32 Å². The van der Waals surface area contributed by atoms with Gasteiger partial charge in [-0.05, 0) is 19.3 Å². The highest BCUT2D eigenvalue weighted by Crippen LogP contribution is 2.15. The molecule has 0 bridgehead atoms. The second-order valence-electron chi connectivity index (χ2n) is 3.65. The number of urea groups is 1. The van der Waals surface area contributed by atoms with Gasteiger partial charge in [0.2, 0.25) is 0 Å². The maximum Gasteiger partial charge on any atom is 0.317 e. The van der Waals surface area contributed by atoms with Gasteiger partial charge in [0.25, 0.3) is 0 Å². The molecule has 0 aromatic heterocycles. The Morgan fingerprint density at radius 2 is 2.50 bits per heavy atom. The third kappa shape index (κ3) is 2.91. The van der Waals surface area contributed by atoms with Crippen LogP contribution >= 0.6 is 0 Å². The van der Waals surface area contributed by atoms with Gasteiger partial charge in [-0.15, -0.1) is 0 Å². The van der Waals surface area contributed by atoms with Gasteiger partial charge in [0.1, 0.15) is 0 Å². The first kappa shape index (κ1) is 10.8. The Bertz CT molecular complexity index is 234. The van der Waals surface area contributed by atoms with Gasteiger partial charge in [-0.25, -0.2) is 4.79 Å². The standard InChI is InChI=1S/C10H17N3O/c1-2-5-12-10(14)13-6-3-4-9(7-11)8-13/h9H,2-6,8H2,1H3,(H,12,14). The van der Waals surface area contributed by atoms with Crippen LogP contribution in [-0.2, 0) is 0 Å². The van der Waals surface area contributed by atoms with Crippen LogP contribution in [0.5, 0.6) is 0 Å². The fraction of sp³-hybridized carbons (Fsp3) is 0.800. The number of carbonyl (C=O) groups excluding carboxylic acids is 1. The molecule has 0 aromatic carbocycles. The zero-order chi connectivity index (χ0) is 10.4. The number of rotatable bonds is 2. The average molecular weight is 195 g/mol. The summed E-state index contributed by atoms with van der Waals surface area (Å²) < 4.78 is 0. The SMILES string of the molecule is CCCNC(=O)N1CCCC(C#N)C1. The Morgan fingerprint density at radius 3 is 3.14 bits per heavy atom. The highest BCUT2D eigenvalue weighted by molar-refractivity contribution is 5.74. The molecule has 1 aliphatic heterocycles. The van der Waals surface area contributed by atoms with Crippen LogP contribution in [-0.4, -0.2) is 30.6 Å². The second-order valence-corrected chi connectivity index (χ2v) is 3.65. The highest BCUT2D eigenvalue weighted by Gasteiger charge is 2.22. The Balaban J connectivity index is 2.36. The summed E-state index contributed by atoms with van der Waals surface area (Å²) in [5.41, 5.74) is 0. The summed E-state index contributed by atoms with van der Waals surface area (Å²) in [7, 11) is 0. The molecular formula is C10H17N3O. The molecule has 0 saturated carbocycles. The number of nitrogens with one attached hydrogen (secondary N) is 1. The van der Waals surface area contributed by atoms with Gasteiger partial charge >= 0.3 is 6.03 Å². The minimum Gasteiger partial charge on any atom is -0.338 e. The molecule has 0 aliphatic carbocycles. The van der Waals surface area contributed by atoms with Gasteiger partial charge in [0, 0.05) is 19.6 Å². The van der Waals surface area contributed by atoms with Gasteiger partial charge in [-0.2, -0.15) is 5.26 Å². The van der Waals surface area contributed by atoms with E-state index in [2.05, 4.69) is 11.4 Å². The van der Waals surface area contributed by atoms with E-state index in [0.29, 0.717) is 13.1 Å². The van der Waals surface area contributed by atoms with Crippen molar-refractivity contribution in [2.75, 3.05) is 19.6 Å². The Kier molecular flexibility index (Phi) is 4.24. The Hall–Kier alpha value is -1.24. The number of hydrogen-bond donors (Lipinski definition) is 1. The van der Waals surface area contributed by atoms with E-state index in [1.54, 1.807) is 4.90 Å². The molecule has 4 heteroatoms. The maximum atomic E-state index is 11.5. The van der Waals surface area contributed by atoms with Crippen LogP contribution in [0.3, 0.4) is 0 Å². The lowest BCUT2D eigenvalue weighted by atomic mass is 10.0. The third-order valence-corrected chi connectivity index (χ3v) is 2.42. The largest absolute Gasteiger partial charge is 0.338 e. The van der Waals surface area contributed by atoms with E-state index in [0.717, 1.165) is 25.8 Å². The molecular weight excluding hydrogens is 178 g/mol. The Morgan fingerprint density at radius 1 is 1.71 bits per heavy atom. The average Bonchev–Trinajstić information content (AvgIpc) is 2.26. The van der Waals surface area contributed by atoms with Crippen molar-refractivity contribution in [3.8, 4) is 6.07 Å². The zero-order valence-electron chi connectivity index (χ0n) is 8.62. The van der Waals surface area contributed by atoms with E-state index < -0.39 is 0 Å². The number of likely N-dealkylation sites (tertiary alicyclic amines) is 1. The predicted molar refractivity (Wildman–Crippen MR) is 53.6 cm³/mol. The smallest absolute Gasteiger partial charge is 0.317 e. The molecule has 14 heavy (non-hydrogen) atoms. The van der Waals surface area contributed by atoms with Crippen LogP contribution in [0.1, 0.15) is 26.2 Å². The third-order valence-electron chi connectivity index (χ3n) is 2.42. The van der Waals surface area contributed by atoms with Crippen LogP contribution in [0.2, 0.25) is 0 Å². The lowest BCUT2D eigenvalue weighted by Gasteiger charge is -2.29. The summed E-state index contributed by atoms with van der Waals surface area (Å²) in [5, 5.41) is 11.6. The molecule has 78 valence electrons. The minimum atomic E-state index is -0.0215. The molecule has 2 amide bonds. The molecule has 1 saturated heterocycles. The van der Waals surface area contributed by atoms with Crippen LogP contribution in [0.4, 0.5) is 4.79 Å². The number of carbonyl (C=O) groups is 1. The first-order valence-electron chi connectivity index (χ1n) is 5.20. The number of nitrogens with zero attached hydrogens (tertiary/aromatic N) is 2. The van der Waals surface area contributed by atoms with E-state index in [1.165, 1.54) is 0 Å². The zero-order valence-corrected chi connectivity index (χ0v) is 8.62. The van der Waals surface area contributed by atoms with E-state index in [4.69, 9.17) is 5.26 Å². The summed E-state index contributed by atoms with van der Waals surface area (Å²) in [4.78, 5) is 13.3. The van der Waals surface area contributed by atoms with Crippen molar-refractivity contribution in [2.45, 2.75) is 26.2 Å². The van der Waals surface area contributed by atoms with E-state index in [9.17, 15) is 4.79 Å². The molecule has 1 unspecified atom stereocenters. The van der Waals surface area contributed by atoms with Gasteiger partial charge < -0.3 is 10.2 Å². The molecule has 0 spiro atoms. The summed E-state index contributed by atoms with van der Waals surface area (Å²) >= 11 is 0. The van der Waals surface area contributed by atoms with E-state index >= 15 is 0 Å². The van der Waals surface area contributed by atoms with E-state index in [-0.39, 0.29) is 11.9 Å². The quantitative estimate of drug-likeness (QED) is 0.723.